The third-order valence-corrected chi connectivity index (χ3v) is 2.87. The molecule has 2 rings (SSSR count). The van der Waals surface area contributed by atoms with E-state index in [2.05, 4.69) is 10.6 Å². The Kier molecular flexibility index (Phi) is 5.04. The van der Waals surface area contributed by atoms with Crippen LogP contribution in [0.1, 0.15) is 12.0 Å². The Bertz CT molecular complexity index is 726. The van der Waals surface area contributed by atoms with Gasteiger partial charge in [0.15, 0.2) is 0 Å². The van der Waals surface area contributed by atoms with Crippen LogP contribution in [0, 0.1) is 23.0 Å². The molecule has 0 saturated heterocycles. The van der Waals surface area contributed by atoms with Crippen molar-refractivity contribution in [3.05, 3.63) is 59.7 Å². The molecule has 0 unspecified atom stereocenters. The van der Waals surface area contributed by atoms with Gasteiger partial charge in [0.2, 0.25) is 5.91 Å². The van der Waals surface area contributed by atoms with Crippen LogP contribution in [0.4, 0.5) is 20.2 Å². The molecular weight excluding hydrogens is 288 g/mol. The van der Waals surface area contributed by atoms with E-state index in [0.29, 0.717) is 11.3 Å². The number of nitrogens with one attached hydrogen (secondary N) is 2. The van der Waals surface area contributed by atoms with Crippen molar-refractivity contribution in [3.8, 4) is 6.07 Å². The number of carbonyl (C=O) groups excluding carboxylic acids is 1. The molecule has 6 heteroatoms. The average Bonchev–Trinajstić information content (AvgIpc) is 2.49. The van der Waals surface area contributed by atoms with E-state index in [9.17, 15) is 13.6 Å². The van der Waals surface area contributed by atoms with Gasteiger partial charge in [0.25, 0.3) is 0 Å². The van der Waals surface area contributed by atoms with Crippen LogP contribution in [0.5, 0.6) is 0 Å². The maximum absolute atomic E-state index is 13.4. The highest BCUT2D eigenvalue weighted by Gasteiger charge is 2.06. The Morgan fingerprint density at radius 3 is 2.73 bits per heavy atom. The van der Waals surface area contributed by atoms with E-state index in [1.807, 2.05) is 6.07 Å². The summed E-state index contributed by atoms with van der Waals surface area (Å²) in [6.07, 6.45) is 0.105. The molecule has 0 aliphatic carbocycles. The summed E-state index contributed by atoms with van der Waals surface area (Å²) in [5.74, 6) is -1.63. The minimum atomic E-state index is -0.706. The summed E-state index contributed by atoms with van der Waals surface area (Å²) in [5, 5.41) is 14.1. The topological polar surface area (TPSA) is 64.9 Å². The van der Waals surface area contributed by atoms with Crippen molar-refractivity contribution in [3.63, 3.8) is 0 Å². The van der Waals surface area contributed by atoms with Crippen LogP contribution in [0.15, 0.2) is 42.5 Å². The number of nitriles is 1. The van der Waals surface area contributed by atoms with Crippen LogP contribution in [0.3, 0.4) is 0 Å². The van der Waals surface area contributed by atoms with Gasteiger partial charge in [0, 0.05) is 24.7 Å². The van der Waals surface area contributed by atoms with Crippen molar-refractivity contribution in [1.82, 2.24) is 0 Å². The van der Waals surface area contributed by atoms with E-state index in [-0.39, 0.29) is 24.6 Å². The Balaban J connectivity index is 1.84. The van der Waals surface area contributed by atoms with Crippen LogP contribution in [0.25, 0.3) is 0 Å². The molecule has 0 bridgehead atoms. The maximum atomic E-state index is 13.4. The normalized spacial score (nSPS) is 9.86. The molecule has 2 aromatic carbocycles. The summed E-state index contributed by atoms with van der Waals surface area (Å²) >= 11 is 0. The van der Waals surface area contributed by atoms with E-state index < -0.39 is 11.6 Å². The van der Waals surface area contributed by atoms with Gasteiger partial charge in [0.05, 0.1) is 17.3 Å². The molecule has 0 spiro atoms. The van der Waals surface area contributed by atoms with Crippen LogP contribution >= 0.6 is 0 Å². The molecule has 0 fully saturated rings. The van der Waals surface area contributed by atoms with Crippen molar-refractivity contribution in [2.24, 2.45) is 0 Å². The van der Waals surface area contributed by atoms with Crippen molar-refractivity contribution in [2.75, 3.05) is 17.2 Å². The van der Waals surface area contributed by atoms with Gasteiger partial charge in [-0.15, -0.1) is 0 Å². The molecular formula is C16H13F2N3O. The lowest BCUT2D eigenvalue weighted by molar-refractivity contribution is -0.115. The Labute approximate surface area is 126 Å². The third-order valence-electron chi connectivity index (χ3n) is 2.87. The first-order valence-corrected chi connectivity index (χ1v) is 6.57. The van der Waals surface area contributed by atoms with Crippen LogP contribution in [-0.4, -0.2) is 12.5 Å². The fourth-order valence-electron chi connectivity index (χ4n) is 1.83. The lowest BCUT2D eigenvalue weighted by Gasteiger charge is -2.08. The van der Waals surface area contributed by atoms with Crippen LogP contribution in [0.2, 0.25) is 0 Å². The fourth-order valence-corrected chi connectivity index (χ4v) is 1.83. The molecule has 2 aromatic rings. The first kappa shape index (κ1) is 15.4. The summed E-state index contributed by atoms with van der Waals surface area (Å²) in [4.78, 5) is 11.8. The van der Waals surface area contributed by atoms with Crippen molar-refractivity contribution >= 4 is 17.3 Å². The molecule has 0 atom stereocenters. The number of anilines is 2. The number of hydrogen-bond acceptors (Lipinski definition) is 3. The Hall–Kier alpha value is -2.94. The zero-order valence-corrected chi connectivity index (χ0v) is 11.6. The van der Waals surface area contributed by atoms with E-state index in [0.717, 1.165) is 12.1 Å². The predicted octanol–water partition coefficient (Wildman–Crippen LogP) is 3.28. The Morgan fingerprint density at radius 1 is 1.18 bits per heavy atom. The molecule has 112 valence electrons. The van der Waals surface area contributed by atoms with Crippen LogP contribution < -0.4 is 10.6 Å². The van der Waals surface area contributed by atoms with Gasteiger partial charge in [-0.25, -0.2) is 8.78 Å². The SMILES string of the molecule is N#Cc1cccc(NC(=O)CCNc2ccc(F)cc2F)c1. The number of halogens is 2. The standard InChI is InChI=1S/C16H13F2N3O/c17-12-4-5-15(14(18)9-12)20-7-6-16(22)21-13-3-1-2-11(8-13)10-19/h1-5,8-9,20H,6-7H2,(H,21,22). The molecule has 0 saturated carbocycles. The quantitative estimate of drug-likeness (QED) is 0.890. The number of hydrogen-bond donors (Lipinski definition) is 2. The second-order valence-electron chi connectivity index (χ2n) is 4.54. The largest absolute Gasteiger partial charge is 0.382 e. The molecule has 0 radical (unpaired) electrons. The molecule has 0 heterocycles. The predicted molar refractivity (Wildman–Crippen MR) is 79.3 cm³/mol. The summed E-state index contributed by atoms with van der Waals surface area (Å²) in [7, 11) is 0. The average molecular weight is 301 g/mol. The lowest BCUT2D eigenvalue weighted by Crippen LogP contribution is -2.16. The van der Waals surface area contributed by atoms with Gasteiger partial charge in [-0.2, -0.15) is 5.26 Å². The van der Waals surface area contributed by atoms with Crippen molar-refractivity contribution < 1.29 is 13.6 Å². The van der Waals surface area contributed by atoms with Gasteiger partial charge in [-0.05, 0) is 30.3 Å². The first-order chi connectivity index (χ1) is 10.6. The van der Waals surface area contributed by atoms with Crippen LogP contribution in [-0.2, 0) is 4.79 Å². The molecule has 0 aromatic heterocycles. The van der Waals surface area contributed by atoms with Gasteiger partial charge in [0.1, 0.15) is 11.6 Å². The van der Waals surface area contributed by atoms with E-state index in [1.165, 1.54) is 6.07 Å². The second-order valence-corrected chi connectivity index (χ2v) is 4.54. The molecule has 0 aliphatic rings. The molecule has 22 heavy (non-hydrogen) atoms. The summed E-state index contributed by atoms with van der Waals surface area (Å²) in [5.41, 5.74) is 1.11. The third kappa shape index (κ3) is 4.28. The number of amides is 1. The zero-order chi connectivity index (χ0) is 15.9. The minimum Gasteiger partial charge on any atom is -0.382 e. The fraction of sp³-hybridized carbons (Fsp3) is 0.125. The number of nitrogens with zero attached hydrogens (tertiary/aromatic N) is 1. The molecule has 1 amide bonds. The second kappa shape index (κ2) is 7.18. The highest BCUT2D eigenvalue weighted by atomic mass is 19.1. The van der Waals surface area contributed by atoms with Gasteiger partial charge in [-0.1, -0.05) is 6.07 Å². The number of benzene rings is 2. The number of rotatable bonds is 5. The summed E-state index contributed by atoms with van der Waals surface area (Å²) in [6, 6.07) is 11.7. The summed E-state index contributed by atoms with van der Waals surface area (Å²) < 4.78 is 26.1. The minimum absolute atomic E-state index is 0.105. The maximum Gasteiger partial charge on any atom is 0.226 e. The van der Waals surface area contributed by atoms with E-state index in [4.69, 9.17) is 5.26 Å². The number of carbonyl (C=O) groups is 1. The van der Waals surface area contributed by atoms with Crippen molar-refractivity contribution in [1.29, 1.82) is 5.26 Å². The smallest absolute Gasteiger partial charge is 0.226 e. The lowest BCUT2D eigenvalue weighted by atomic mass is 10.2. The Morgan fingerprint density at radius 2 is 2.00 bits per heavy atom. The monoisotopic (exact) mass is 301 g/mol. The van der Waals surface area contributed by atoms with Crippen molar-refractivity contribution in [2.45, 2.75) is 6.42 Å². The highest BCUT2D eigenvalue weighted by Crippen LogP contribution is 2.15. The molecule has 4 nitrogen and oxygen atoms in total. The molecule has 2 N–H and O–H groups in total. The zero-order valence-electron chi connectivity index (χ0n) is 11.6. The summed E-state index contributed by atoms with van der Waals surface area (Å²) in [6.45, 7) is 0.201. The van der Waals surface area contributed by atoms with E-state index >= 15 is 0 Å². The van der Waals surface area contributed by atoms with Gasteiger partial charge in [-0.3, -0.25) is 4.79 Å². The molecule has 0 aliphatic heterocycles. The van der Waals surface area contributed by atoms with Gasteiger partial charge >= 0.3 is 0 Å². The van der Waals surface area contributed by atoms with E-state index in [1.54, 1.807) is 24.3 Å². The highest BCUT2D eigenvalue weighted by molar-refractivity contribution is 5.91. The van der Waals surface area contributed by atoms with Gasteiger partial charge < -0.3 is 10.6 Å². The first-order valence-electron chi connectivity index (χ1n) is 6.57.